The van der Waals surface area contributed by atoms with Crippen molar-refractivity contribution in [3.05, 3.63) is 30.0 Å². The van der Waals surface area contributed by atoms with Crippen molar-refractivity contribution in [3.63, 3.8) is 0 Å². The average molecular weight is 314 g/mol. The van der Waals surface area contributed by atoms with Gasteiger partial charge in [0.2, 0.25) is 5.95 Å². The minimum atomic E-state index is 0.145. The smallest absolute Gasteiger partial charge is 0.225 e. The van der Waals surface area contributed by atoms with Crippen molar-refractivity contribution in [1.29, 1.82) is 0 Å². The van der Waals surface area contributed by atoms with Crippen LogP contribution < -0.4 is 5.32 Å². The van der Waals surface area contributed by atoms with Crippen LogP contribution in [-0.2, 0) is 18.2 Å². The van der Waals surface area contributed by atoms with Gasteiger partial charge in [-0.2, -0.15) is 4.98 Å². The quantitative estimate of drug-likeness (QED) is 0.776. The third-order valence-corrected chi connectivity index (χ3v) is 4.11. The van der Waals surface area contributed by atoms with Gasteiger partial charge in [0.1, 0.15) is 11.3 Å². The lowest BCUT2D eigenvalue weighted by molar-refractivity contribution is 0.183. The monoisotopic (exact) mass is 314 g/mol. The molecular formula is C15H18N6O2. The van der Waals surface area contributed by atoms with Gasteiger partial charge >= 0.3 is 0 Å². The maximum Gasteiger partial charge on any atom is 0.225 e. The van der Waals surface area contributed by atoms with E-state index < -0.39 is 0 Å². The molecule has 0 aromatic carbocycles. The number of nitrogens with one attached hydrogen (secondary N) is 1. The fourth-order valence-corrected chi connectivity index (χ4v) is 2.89. The summed E-state index contributed by atoms with van der Waals surface area (Å²) in [6.07, 6.45) is 4.25. The maximum absolute atomic E-state index is 5.62. The summed E-state index contributed by atoms with van der Waals surface area (Å²) in [5.74, 6) is 1.77. The highest BCUT2D eigenvalue weighted by molar-refractivity contribution is 5.70. The molecule has 0 radical (unpaired) electrons. The SMILES string of the molecule is Cc1cc(C[C@@H]2COC[C@@H]2Nc2ncc3ncn(C)c3n2)on1. The van der Waals surface area contributed by atoms with Crippen LogP contribution in [0.4, 0.5) is 5.95 Å². The lowest BCUT2D eigenvalue weighted by Gasteiger charge is -2.17. The number of aromatic nitrogens is 5. The van der Waals surface area contributed by atoms with Gasteiger partial charge in [0.15, 0.2) is 5.65 Å². The van der Waals surface area contributed by atoms with E-state index in [0.29, 0.717) is 25.1 Å². The van der Waals surface area contributed by atoms with E-state index in [-0.39, 0.29) is 6.04 Å². The third-order valence-electron chi connectivity index (χ3n) is 4.11. The van der Waals surface area contributed by atoms with Crippen molar-refractivity contribution in [2.45, 2.75) is 19.4 Å². The Labute approximate surface area is 132 Å². The predicted octanol–water partition coefficient (Wildman–Crippen LogP) is 1.33. The Morgan fingerprint density at radius 2 is 2.26 bits per heavy atom. The van der Waals surface area contributed by atoms with E-state index in [1.54, 1.807) is 12.5 Å². The molecular weight excluding hydrogens is 296 g/mol. The summed E-state index contributed by atoms with van der Waals surface area (Å²) in [7, 11) is 1.92. The Bertz CT molecular complexity index is 826. The van der Waals surface area contributed by atoms with Crippen LogP contribution in [0, 0.1) is 12.8 Å². The summed E-state index contributed by atoms with van der Waals surface area (Å²) in [6.45, 7) is 3.24. The topological polar surface area (TPSA) is 90.9 Å². The van der Waals surface area contributed by atoms with Crippen LogP contribution in [0.25, 0.3) is 11.2 Å². The van der Waals surface area contributed by atoms with Gasteiger partial charge in [-0.15, -0.1) is 0 Å². The number of imidazole rings is 1. The molecule has 0 spiro atoms. The van der Waals surface area contributed by atoms with Crippen molar-refractivity contribution in [2.75, 3.05) is 18.5 Å². The normalized spacial score (nSPS) is 21.1. The summed E-state index contributed by atoms with van der Waals surface area (Å²) in [6, 6.07) is 2.11. The molecule has 1 fully saturated rings. The number of nitrogens with zero attached hydrogens (tertiary/aromatic N) is 5. The van der Waals surface area contributed by atoms with Crippen molar-refractivity contribution < 1.29 is 9.26 Å². The molecule has 1 aliphatic heterocycles. The molecule has 1 N–H and O–H groups in total. The Morgan fingerprint density at radius 3 is 3.09 bits per heavy atom. The zero-order chi connectivity index (χ0) is 15.8. The molecule has 0 saturated carbocycles. The van der Waals surface area contributed by atoms with Crippen LogP contribution in [0.2, 0.25) is 0 Å². The van der Waals surface area contributed by atoms with Gasteiger partial charge in [0.05, 0.1) is 37.5 Å². The lowest BCUT2D eigenvalue weighted by atomic mass is 9.98. The van der Waals surface area contributed by atoms with E-state index in [2.05, 4.69) is 25.4 Å². The largest absolute Gasteiger partial charge is 0.379 e. The number of anilines is 1. The summed E-state index contributed by atoms with van der Waals surface area (Å²) in [4.78, 5) is 13.1. The van der Waals surface area contributed by atoms with E-state index in [0.717, 1.165) is 29.0 Å². The van der Waals surface area contributed by atoms with Gasteiger partial charge < -0.3 is 19.1 Å². The Kier molecular flexibility index (Phi) is 3.45. The number of aryl methyl sites for hydroxylation is 2. The van der Waals surface area contributed by atoms with Gasteiger partial charge in [-0.1, -0.05) is 5.16 Å². The summed E-state index contributed by atoms with van der Waals surface area (Å²) < 4.78 is 12.8. The van der Waals surface area contributed by atoms with Gasteiger partial charge in [-0.3, -0.25) is 0 Å². The van der Waals surface area contributed by atoms with E-state index in [1.807, 2.05) is 24.6 Å². The molecule has 4 heterocycles. The first-order chi connectivity index (χ1) is 11.2. The maximum atomic E-state index is 5.62. The van der Waals surface area contributed by atoms with E-state index in [4.69, 9.17) is 9.26 Å². The molecule has 2 atom stereocenters. The molecule has 0 unspecified atom stereocenters. The first-order valence-corrected chi connectivity index (χ1v) is 7.59. The third kappa shape index (κ3) is 2.77. The molecule has 3 aromatic rings. The summed E-state index contributed by atoms with van der Waals surface area (Å²) >= 11 is 0. The van der Waals surface area contributed by atoms with Crippen LogP contribution in [0.1, 0.15) is 11.5 Å². The second-order valence-electron chi connectivity index (χ2n) is 5.95. The van der Waals surface area contributed by atoms with Crippen molar-refractivity contribution in [3.8, 4) is 0 Å². The predicted molar refractivity (Wildman–Crippen MR) is 83.0 cm³/mol. The van der Waals surface area contributed by atoms with E-state index in [9.17, 15) is 0 Å². The number of rotatable bonds is 4. The van der Waals surface area contributed by atoms with Gasteiger partial charge in [-0.25, -0.2) is 9.97 Å². The fraction of sp³-hybridized carbons (Fsp3) is 0.467. The number of hydrogen-bond donors (Lipinski definition) is 1. The first-order valence-electron chi connectivity index (χ1n) is 7.59. The lowest BCUT2D eigenvalue weighted by Crippen LogP contribution is -2.30. The molecule has 1 aliphatic rings. The molecule has 3 aromatic heterocycles. The minimum Gasteiger partial charge on any atom is -0.379 e. The molecule has 8 nitrogen and oxygen atoms in total. The Morgan fingerprint density at radius 1 is 1.35 bits per heavy atom. The molecule has 0 aliphatic carbocycles. The average Bonchev–Trinajstić information content (AvgIpc) is 3.23. The van der Waals surface area contributed by atoms with Crippen LogP contribution in [0.5, 0.6) is 0 Å². The van der Waals surface area contributed by atoms with Crippen molar-refractivity contribution >= 4 is 17.1 Å². The zero-order valence-corrected chi connectivity index (χ0v) is 13.1. The van der Waals surface area contributed by atoms with Crippen molar-refractivity contribution in [1.82, 2.24) is 24.7 Å². The van der Waals surface area contributed by atoms with Gasteiger partial charge in [0, 0.05) is 25.5 Å². The number of ether oxygens (including phenoxy) is 1. The van der Waals surface area contributed by atoms with E-state index >= 15 is 0 Å². The molecule has 120 valence electrons. The van der Waals surface area contributed by atoms with Crippen LogP contribution >= 0.6 is 0 Å². The Hall–Kier alpha value is -2.48. The fourth-order valence-electron chi connectivity index (χ4n) is 2.89. The summed E-state index contributed by atoms with van der Waals surface area (Å²) in [5.41, 5.74) is 2.49. The molecule has 23 heavy (non-hydrogen) atoms. The highest BCUT2D eigenvalue weighted by Gasteiger charge is 2.30. The Balaban J connectivity index is 1.50. The molecule has 1 saturated heterocycles. The molecule has 8 heteroatoms. The van der Waals surface area contributed by atoms with Crippen LogP contribution in [-0.4, -0.2) is 43.9 Å². The minimum absolute atomic E-state index is 0.145. The molecule has 0 amide bonds. The summed E-state index contributed by atoms with van der Waals surface area (Å²) in [5, 5.41) is 7.31. The van der Waals surface area contributed by atoms with Crippen molar-refractivity contribution in [2.24, 2.45) is 13.0 Å². The molecule has 0 bridgehead atoms. The van der Waals surface area contributed by atoms with Crippen LogP contribution in [0.15, 0.2) is 23.1 Å². The van der Waals surface area contributed by atoms with Crippen LogP contribution in [0.3, 0.4) is 0 Å². The second kappa shape index (κ2) is 5.62. The highest BCUT2D eigenvalue weighted by atomic mass is 16.5. The van der Waals surface area contributed by atoms with E-state index in [1.165, 1.54) is 0 Å². The molecule has 4 rings (SSSR count). The number of hydrogen-bond acceptors (Lipinski definition) is 7. The van der Waals surface area contributed by atoms with Gasteiger partial charge in [0.25, 0.3) is 0 Å². The standard InChI is InChI=1S/C15H18N6O2/c1-9-3-11(23-20-9)4-10-6-22-7-13(10)18-15-16-5-12-14(19-15)21(2)8-17-12/h3,5,8,10,13H,4,6-7H2,1-2H3,(H,16,18,19)/t10-,13+/m1/s1. The number of fused-ring (bicyclic) bond motifs is 1. The highest BCUT2D eigenvalue weighted by Crippen LogP contribution is 2.22. The first kappa shape index (κ1) is 14.1. The van der Waals surface area contributed by atoms with Gasteiger partial charge in [-0.05, 0) is 6.92 Å². The zero-order valence-electron chi connectivity index (χ0n) is 13.1. The second-order valence-corrected chi connectivity index (χ2v) is 5.95.